The summed E-state index contributed by atoms with van der Waals surface area (Å²) >= 11 is 1.72. The molecular weight excluding hydrogens is 366 g/mol. The molecule has 4 nitrogen and oxygen atoms in total. The average Bonchev–Trinajstić information content (AvgIpc) is 3.19. The van der Waals surface area contributed by atoms with Crippen LogP contribution >= 0.6 is 11.3 Å². The normalized spacial score (nSPS) is 17.8. The number of aromatic nitrogens is 1. The SMILES string of the molecule is Cc1cc(C=Nc2sc3c(c2C(=O)NC2CCCCC2)CCCC3)c(C)n1C. The van der Waals surface area contributed by atoms with Gasteiger partial charge in [-0.05, 0) is 64.0 Å². The van der Waals surface area contributed by atoms with E-state index in [0.717, 1.165) is 41.8 Å². The number of nitrogens with one attached hydrogen (secondary N) is 1. The van der Waals surface area contributed by atoms with E-state index in [0.29, 0.717) is 6.04 Å². The van der Waals surface area contributed by atoms with E-state index in [1.165, 1.54) is 53.9 Å². The van der Waals surface area contributed by atoms with Crippen LogP contribution in [-0.2, 0) is 19.9 Å². The molecule has 1 amide bonds. The zero-order chi connectivity index (χ0) is 19.7. The maximum Gasteiger partial charge on any atom is 0.254 e. The molecule has 0 unspecified atom stereocenters. The Morgan fingerprint density at radius 2 is 1.93 bits per heavy atom. The molecule has 1 saturated carbocycles. The number of fused-ring (bicyclic) bond motifs is 1. The van der Waals surface area contributed by atoms with Crippen LogP contribution in [0.25, 0.3) is 0 Å². The molecular formula is C23H31N3OS. The van der Waals surface area contributed by atoms with Gasteiger partial charge < -0.3 is 9.88 Å². The lowest BCUT2D eigenvalue weighted by molar-refractivity contribution is 0.0927. The molecule has 2 aromatic heterocycles. The summed E-state index contributed by atoms with van der Waals surface area (Å²) in [5.41, 5.74) is 5.67. The minimum atomic E-state index is 0.0967. The van der Waals surface area contributed by atoms with Crippen molar-refractivity contribution in [2.45, 2.75) is 77.7 Å². The van der Waals surface area contributed by atoms with E-state index < -0.39 is 0 Å². The second kappa shape index (κ2) is 8.24. The van der Waals surface area contributed by atoms with Gasteiger partial charge in [0.2, 0.25) is 0 Å². The molecule has 2 aliphatic rings. The summed E-state index contributed by atoms with van der Waals surface area (Å²) in [5.74, 6) is 0.0967. The van der Waals surface area contributed by atoms with E-state index in [4.69, 9.17) is 4.99 Å². The van der Waals surface area contributed by atoms with Gasteiger partial charge >= 0.3 is 0 Å². The van der Waals surface area contributed by atoms with Crippen molar-refractivity contribution >= 4 is 28.5 Å². The van der Waals surface area contributed by atoms with Gasteiger partial charge in [0.05, 0.1) is 5.56 Å². The maximum absolute atomic E-state index is 13.2. The van der Waals surface area contributed by atoms with Crippen molar-refractivity contribution in [2.24, 2.45) is 12.0 Å². The van der Waals surface area contributed by atoms with E-state index >= 15 is 0 Å². The van der Waals surface area contributed by atoms with E-state index in [1.54, 1.807) is 11.3 Å². The van der Waals surface area contributed by atoms with Crippen LogP contribution in [0.1, 0.15) is 82.7 Å². The minimum Gasteiger partial charge on any atom is -0.352 e. The number of aliphatic imine (C=N–C) groups is 1. The van der Waals surface area contributed by atoms with E-state index in [9.17, 15) is 4.79 Å². The number of rotatable bonds is 4. The highest BCUT2D eigenvalue weighted by atomic mass is 32.1. The number of amides is 1. The van der Waals surface area contributed by atoms with Crippen molar-refractivity contribution in [1.29, 1.82) is 0 Å². The predicted octanol–water partition coefficient (Wildman–Crippen LogP) is 5.40. The largest absolute Gasteiger partial charge is 0.352 e. The molecule has 0 saturated heterocycles. The van der Waals surface area contributed by atoms with Gasteiger partial charge in [0.1, 0.15) is 5.00 Å². The topological polar surface area (TPSA) is 46.4 Å². The fourth-order valence-electron chi connectivity index (χ4n) is 4.52. The quantitative estimate of drug-likeness (QED) is 0.690. The molecule has 0 radical (unpaired) electrons. The Morgan fingerprint density at radius 1 is 1.18 bits per heavy atom. The number of carbonyl (C=O) groups is 1. The van der Waals surface area contributed by atoms with Gasteiger partial charge in [-0.25, -0.2) is 4.99 Å². The number of hydrogen-bond donors (Lipinski definition) is 1. The highest BCUT2D eigenvalue weighted by Crippen LogP contribution is 2.40. The monoisotopic (exact) mass is 397 g/mol. The number of carbonyl (C=O) groups excluding carboxylic acids is 1. The van der Waals surface area contributed by atoms with Gasteiger partial charge in [-0.1, -0.05) is 19.3 Å². The van der Waals surface area contributed by atoms with Crippen LogP contribution < -0.4 is 5.32 Å². The van der Waals surface area contributed by atoms with E-state index in [2.05, 4.69) is 36.8 Å². The number of aryl methyl sites for hydroxylation is 2. The Morgan fingerprint density at radius 3 is 2.64 bits per heavy atom. The Hall–Kier alpha value is -1.88. The summed E-state index contributed by atoms with van der Waals surface area (Å²) in [6.07, 6.45) is 12.4. The molecule has 1 fully saturated rings. The van der Waals surface area contributed by atoms with Crippen molar-refractivity contribution in [2.75, 3.05) is 0 Å². The third kappa shape index (κ3) is 3.82. The van der Waals surface area contributed by atoms with Crippen molar-refractivity contribution in [3.8, 4) is 0 Å². The molecule has 0 bridgehead atoms. The van der Waals surface area contributed by atoms with Crippen molar-refractivity contribution < 1.29 is 4.79 Å². The Bertz CT molecular complexity index is 900. The third-order valence-corrected chi connectivity index (χ3v) is 7.66. The van der Waals surface area contributed by atoms with Crippen molar-refractivity contribution in [3.63, 3.8) is 0 Å². The van der Waals surface area contributed by atoms with Crippen LogP contribution in [0, 0.1) is 13.8 Å². The molecule has 2 heterocycles. The molecule has 1 N–H and O–H groups in total. The first-order valence-corrected chi connectivity index (χ1v) is 11.5. The van der Waals surface area contributed by atoms with Gasteiger partial charge in [0, 0.05) is 41.1 Å². The van der Waals surface area contributed by atoms with Crippen LogP contribution in [0.5, 0.6) is 0 Å². The fourth-order valence-corrected chi connectivity index (χ4v) is 5.75. The highest BCUT2D eigenvalue weighted by Gasteiger charge is 2.27. The lowest BCUT2D eigenvalue weighted by atomic mass is 9.93. The molecule has 2 aliphatic carbocycles. The fraction of sp³-hybridized carbons (Fsp3) is 0.565. The number of nitrogens with zero attached hydrogens (tertiary/aromatic N) is 2. The number of hydrogen-bond acceptors (Lipinski definition) is 3. The molecule has 0 atom stereocenters. The van der Waals surface area contributed by atoms with Crippen molar-refractivity contribution in [3.05, 3.63) is 39.0 Å². The molecule has 0 spiro atoms. The molecule has 28 heavy (non-hydrogen) atoms. The average molecular weight is 398 g/mol. The van der Waals surface area contributed by atoms with Crippen LogP contribution in [-0.4, -0.2) is 22.7 Å². The standard InChI is InChI=1S/C23H31N3OS/c1-15-13-17(16(2)26(15)3)14-24-23-21(19-11-7-8-12-20(19)28-23)22(27)25-18-9-5-4-6-10-18/h13-14,18H,4-12H2,1-3H3,(H,25,27). The Kier molecular flexibility index (Phi) is 5.72. The lowest BCUT2D eigenvalue weighted by Gasteiger charge is -2.23. The molecule has 5 heteroatoms. The summed E-state index contributed by atoms with van der Waals surface area (Å²) < 4.78 is 2.18. The second-order valence-corrected chi connectivity index (χ2v) is 9.43. The first-order valence-electron chi connectivity index (χ1n) is 10.7. The zero-order valence-corrected chi connectivity index (χ0v) is 18.1. The van der Waals surface area contributed by atoms with Gasteiger partial charge in [-0.3, -0.25) is 4.79 Å². The van der Waals surface area contributed by atoms with Gasteiger partial charge in [-0.2, -0.15) is 0 Å². The molecule has 2 aromatic rings. The maximum atomic E-state index is 13.2. The Labute approximate surface area is 172 Å². The first-order chi connectivity index (χ1) is 13.5. The summed E-state index contributed by atoms with van der Waals surface area (Å²) in [7, 11) is 2.08. The minimum absolute atomic E-state index is 0.0967. The second-order valence-electron chi connectivity index (χ2n) is 8.34. The first kappa shape index (κ1) is 19.4. The van der Waals surface area contributed by atoms with E-state index in [1.807, 2.05) is 6.21 Å². The van der Waals surface area contributed by atoms with E-state index in [-0.39, 0.29) is 5.91 Å². The smallest absolute Gasteiger partial charge is 0.254 e. The highest BCUT2D eigenvalue weighted by molar-refractivity contribution is 7.16. The number of thiophene rings is 1. The van der Waals surface area contributed by atoms with Gasteiger partial charge in [-0.15, -0.1) is 11.3 Å². The van der Waals surface area contributed by atoms with Gasteiger partial charge in [0.15, 0.2) is 0 Å². The molecule has 0 aliphatic heterocycles. The Balaban J connectivity index is 1.64. The van der Waals surface area contributed by atoms with Crippen LogP contribution in [0.3, 0.4) is 0 Å². The zero-order valence-electron chi connectivity index (χ0n) is 17.3. The predicted molar refractivity (Wildman–Crippen MR) is 117 cm³/mol. The third-order valence-electron chi connectivity index (χ3n) is 6.46. The molecule has 4 rings (SSSR count). The summed E-state index contributed by atoms with van der Waals surface area (Å²) in [4.78, 5) is 19.4. The van der Waals surface area contributed by atoms with Crippen LogP contribution in [0.4, 0.5) is 5.00 Å². The summed E-state index contributed by atoms with van der Waals surface area (Å²) in [6, 6.07) is 2.49. The van der Waals surface area contributed by atoms with Gasteiger partial charge in [0.25, 0.3) is 5.91 Å². The molecule has 0 aromatic carbocycles. The van der Waals surface area contributed by atoms with Crippen LogP contribution in [0.2, 0.25) is 0 Å². The molecule has 150 valence electrons. The van der Waals surface area contributed by atoms with Crippen molar-refractivity contribution in [1.82, 2.24) is 9.88 Å². The summed E-state index contributed by atoms with van der Waals surface area (Å²) in [6.45, 7) is 4.22. The lowest BCUT2D eigenvalue weighted by Crippen LogP contribution is -2.36. The summed E-state index contributed by atoms with van der Waals surface area (Å²) in [5, 5.41) is 4.21. The van der Waals surface area contributed by atoms with Crippen LogP contribution in [0.15, 0.2) is 11.1 Å².